The van der Waals surface area contributed by atoms with Crippen LogP contribution in [0.3, 0.4) is 0 Å². The number of thiophene rings is 1. The molecule has 110 valence electrons. The predicted octanol–water partition coefficient (Wildman–Crippen LogP) is 3.87. The van der Waals surface area contributed by atoms with Crippen molar-refractivity contribution in [1.29, 1.82) is 0 Å². The molecule has 3 aromatic rings. The number of nitrogens with zero attached hydrogens (tertiary/aromatic N) is 1. The molecule has 0 fully saturated rings. The standard InChI is InChI=1S/C17H14N2O2S/c20-17(19-12-15-7-4-10-22-15)13-5-3-6-14(11-13)21-16-8-1-2-9-18-16/h1-11H,12H2,(H,19,20). The van der Waals surface area contributed by atoms with Crippen LogP contribution in [0.15, 0.2) is 66.2 Å². The number of hydrogen-bond acceptors (Lipinski definition) is 4. The maximum Gasteiger partial charge on any atom is 0.251 e. The fraction of sp³-hybridized carbons (Fsp3) is 0.0588. The molecule has 2 aromatic heterocycles. The Morgan fingerprint density at radius 1 is 1.14 bits per heavy atom. The third-order valence-electron chi connectivity index (χ3n) is 2.96. The summed E-state index contributed by atoms with van der Waals surface area (Å²) in [7, 11) is 0. The summed E-state index contributed by atoms with van der Waals surface area (Å²) in [5.74, 6) is 0.959. The Balaban J connectivity index is 1.66. The maximum atomic E-state index is 12.2. The van der Waals surface area contributed by atoms with E-state index in [1.165, 1.54) is 0 Å². The zero-order valence-electron chi connectivity index (χ0n) is 11.7. The van der Waals surface area contributed by atoms with Crippen LogP contribution in [0, 0.1) is 0 Å². The van der Waals surface area contributed by atoms with Crippen LogP contribution in [0.2, 0.25) is 0 Å². The lowest BCUT2D eigenvalue weighted by Crippen LogP contribution is -2.22. The van der Waals surface area contributed by atoms with E-state index in [2.05, 4.69) is 10.3 Å². The van der Waals surface area contributed by atoms with Crippen LogP contribution in [0.5, 0.6) is 11.6 Å². The van der Waals surface area contributed by atoms with E-state index in [9.17, 15) is 4.79 Å². The van der Waals surface area contributed by atoms with Crippen molar-refractivity contribution < 1.29 is 9.53 Å². The van der Waals surface area contributed by atoms with Gasteiger partial charge in [0.05, 0.1) is 6.54 Å². The minimum Gasteiger partial charge on any atom is -0.439 e. The summed E-state index contributed by atoms with van der Waals surface area (Å²) in [6, 6.07) is 16.4. The molecule has 2 heterocycles. The van der Waals surface area contributed by atoms with Crippen molar-refractivity contribution in [3.8, 4) is 11.6 Å². The third kappa shape index (κ3) is 3.71. The molecule has 0 saturated carbocycles. The summed E-state index contributed by atoms with van der Waals surface area (Å²) < 4.78 is 5.63. The monoisotopic (exact) mass is 310 g/mol. The van der Waals surface area contributed by atoms with E-state index in [1.807, 2.05) is 29.6 Å². The van der Waals surface area contributed by atoms with Gasteiger partial charge in [-0.2, -0.15) is 0 Å². The average molecular weight is 310 g/mol. The second-order valence-corrected chi connectivity index (χ2v) is 5.59. The molecule has 0 atom stereocenters. The molecular weight excluding hydrogens is 296 g/mol. The van der Waals surface area contributed by atoms with Crippen molar-refractivity contribution >= 4 is 17.2 Å². The summed E-state index contributed by atoms with van der Waals surface area (Å²) in [5.41, 5.74) is 0.560. The number of amides is 1. The van der Waals surface area contributed by atoms with Gasteiger partial charge in [-0.15, -0.1) is 11.3 Å². The van der Waals surface area contributed by atoms with Gasteiger partial charge >= 0.3 is 0 Å². The molecule has 0 aliphatic rings. The highest BCUT2D eigenvalue weighted by Crippen LogP contribution is 2.20. The van der Waals surface area contributed by atoms with Gasteiger partial charge in [0.2, 0.25) is 5.88 Å². The minimum absolute atomic E-state index is 0.125. The van der Waals surface area contributed by atoms with Crippen molar-refractivity contribution in [3.05, 3.63) is 76.6 Å². The van der Waals surface area contributed by atoms with E-state index in [0.29, 0.717) is 23.7 Å². The molecule has 1 aromatic carbocycles. The molecule has 0 spiro atoms. The number of nitrogens with one attached hydrogen (secondary N) is 1. The van der Waals surface area contributed by atoms with E-state index in [0.717, 1.165) is 4.88 Å². The summed E-state index contributed by atoms with van der Waals surface area (Å²) in [6.45, 7) is 0.530. The summed E-state index contributed by atoms with van der Waals surface area (Å²) in [5, 5.41) is 4.88. The van der Waals surface area contributed by atoms with Gasteiger partial charge in [0.25, 0.3) is 5.91 Å². The molecule has 0 unspecified atom stereocenters. The SMILES string of the molecule is O=C(NCc1cccs1)c1cccc(Oc2ccccn2)c1. The van der Waals surface area contributed by atoms with Gasteiger partial charge in [-0.25, -0.2) is 4.98 Å². The fourth-order valence-electron chi connectivity index (χ4n) is 1.91. The van der Waals surface area contributed by atoms with Crippen molar-refractivity contribution in [2.75, 3.05) is 0 Å². The molecular formula is C17H14N2O2S. The smallest absolute Gasteiger partial charge is 0.251 e. The first-order valence-corrected chi connectivity index (χ1v) is 7.69. The van der Waals surface area contributed by atoms with E-state index in [-0.39, 0.29) is 5.91 Å². The topological polar surface area (TPSA) is 51.2 Å². The van der Waals surface area contributed by atoms with Crippen molar-refractivity contribution in [3.63, 3.8) is 0 Å². The normalized spacial score (nSPS) is 10.2. The number of aromatic nitrogens is 1. The highest BCUT2D eigenvalue weighted by atomic mass is 32.1. The zero-order valence-corrected chi connectivity index (χ0v) is 12.5. The Morgan fingerprint density at radius 2 is 2.09 bits per heavy atom. The first kappa shape index (κ1) is 14.3. The molecule has 0 radical (unpaired) electrons. The average Bonchev–Trinajstić information content (AvgIpc) is 3.07. The van der Waals surface area contributed by atoms with Crippen LogP contribution in [0.1, 0.15) is 15.2 Å². The minimum atomic E-state index is -0.125. The Kier molecular flexibility index (Phi) is 4.46. The van der Waals surface area contributed by atoms with E-state index in [4.69, 9.17) is 4.74 Å². The number of rotatable bonds is 5. The molecule has 0 bridgehead atoms. The summed E-state index contributed by atoms with van der Waals surface area (Å²) in [6.07, 6.45) is 1.66. The van der Waals surface area contributed by atoms with Crippen molar-refractivity contribution in [2.45, 2.75) is 6.54 Å². The summed E-state index contributed by atoms with van der Waals surface area (Å²) >= 11 is 1.62. The van der Waals surface area contributed by atoms with E-state index in [1.54, 1.807) is 47.9 Å². The van der Waals surface area contributed by atoms with Gasteiger partial charge in [0.15, 0.2) is 0 Å². The van der Waals surface area contributed by atoms with Crippen LogP contribution in [0.25, 0.3) is 0 Å². The molecule has 0 aliphatic heterocycles. The Morgan fingerprint density at radius 3 is 2.86 bits per heavy atom. The lowest BCUT2D eigenvalue weighted by Gasteiger charge is -2.07. The second kappa shape index (κ2) is 6.87. The quantitative estimate of drug-likeness (QED) is 0.778. The van der Waals surface area contributed by atoms with Crippen molar-refractivity contribution in [1.82, 2.24) is 10.3 Å². The molecule has 4 nitrogen and oxygen atoms in total. The molecule has 0 aliphatic carbocycles. The van der Waals surface area contributed by atoms with Gasteiger partial charge in [0, 0.05) is 22.7 Å². The maximum absolute atomic E-state index is 12.2. The number of hydrogen-bond donors (Lipinski definition) is 1. The van der Waals surface area contributed by atoms with Crippen LogP contribution >= 0.6 is 11.3 Å². The Hall–Kier alpha value is -2.66. The van der Waals surface area contributed by atoms with Gasteiger partial charge in [0.1, 0.15) is 5.75 Å². The first-order valence-electron chi connectivity index (χ1n) is 6.81. The largest absolute Gasteiger partial charge is 0.439 e. The van der Waals surface area contributed by atoms with Gasteiger partial charge in [-0.1, -0.05) is 18.2 Å². The second-order valence-electron chi connectivity index (χ2n) is 4.56. The van der Waals surface area contributed by atoms with Gasteiger partial charge in [-0.05, 0) is 35.7 Å². The Labute approximate surface area is 132 Å². The number of carbonyl (C=O) groups excluding carboxylic acids is 1. The number of carbonyl (C=O) groups is 1. The predicted molar refractivity (Wildman–Crippen MR) is 86.2 cm³/mol. The number of pyridine rings is 1. The highest BCUT2D eigenvalue weighted by Gasteiger charge is 2.07. The van der Waals surface area contributed by atoms with Gasteiger partial charge in [-0.3, -0.25) is 4.79 Å². The summed E-state index contributed by atoms with van der Waals surface area (Å²) in [4.78, 5) is 17.4. The number of ether oxygens (including phenoxy) is 1. The number of benzene rings is 1. The lowest BCUT2D eigenvalue weighted by molar-refractivity contribution is 0.0951. The van der Waals surface area contributed by atoms with Crippen LogP contribution in [-0.2, 0) is 6.54 Å². The molecule has 1 amide bonds. The first-order chi connectivity index (χ1) is 10.8. The lowest BCUT2D eigenvalue weighted by atomic mass is 10.2. The van der Waals surface area contributed by atoms with E-state index >= 15 is 0 Å². The highest BCUT2D eigenvalue weighted by molar-refractivity contribution is 7.09. The Bertz CT molecular complexity index is 742. The van der Waals surface area contributed by atoms with Crippen LogP contribution in [-0.4, -0.2) is 10.9 Å². The third-order valence-corrected chi connectivity index (χ3v) is 3.84. The molecule has 0 saturated heterocycles. The fourth-order valence-corrected chi connectivity index (χ4v) is 2.56. The van der Waals surface area contributed by atoms with Gasteiger partial charge < -0.3 is 10.1 Å². The molecule has 5 heteroatoms. The molecule has 1 N–H and O–H groups in total. The zero-order chi connectivity index (χ0) is 15.2. The van der Waals surface area contributed by atoms with Crippen LogP contribution < -0.4 is 10.1 Å². The van der Waals surface area contributed by atoms with Crippen molar-refractivity contribution in [2.24, 2.45) is 0 Å². The van der Waals surface area contributed by atoms with E-state index < -0.39 is 0 Å². The molecule has 3 rings (SSSR count). The van der Waals surface area contributed by atoms with Crippen LogP contribution in [0.4, 0.5) is 0 Å². The molecule has 22 heavy (non-hydrogen) atoms.